The Kier molecular flexibility index (Phi) is 4.15. The van der Waals surface area contributed by atoms with Gasteiger partial charge in [0.2, 0.25) is 0 Å². The number of aromatic nitrogens is 3. The first kappa shape index (κ1) is 14.0. The summed E-state index contributed by atoms with van der Waals surface area (Å²) in [7, 11) is 0. The van der Waals surface area contributed by atoms with E-state index in [0.717, 1.165) is 37.6 Å². The second-order valence-corrected chi connectivity index (χ2v) is 5.78. The monoisotopic (exact) mass is 282 g/mol. The van der Waals surface area contributed by atoms with E-state index in [4.69, 9.17) is 0 Å². The molecule has 0 saturated heterocycles. The topological polar surface area (TPSA) is 42.7 Å². The summed E-state index contributed by atoms with van der Waals surface area (Å²) in [5, 5.41) is 8.08. The first-order valence-electron chi connectivity index (χ1n) is 7.56. The van der Waals surface area contributed by atoms with Gasteiger partial charge in [0.25, 0.3) is 0 Å². The summed E-state index contributed by atoms with van der Waals surface area (Å²) in [5.41, 5.74) is 2.61. The summed E-state index contributed by atoms with van der Waals surface area (Å²) in [6.07, 6.45) is 4.39. The number of aryl methyl sites for hydroxylation is 2. The van der Waals surface area contributed by atoms with Crippen LogP contribution in [-0.2, 0) is 13.0 Å². The molecule has 0 spiro atoms. The Balaban J connectivity index is 1.55. The zero-order chi connectivity index (χ0) is 14.7. The molecular formula is C17H22N4. The van der Waals surface area contributed by atoms with E-state index >= 15 is 0 Å². The fourth-order valence-electron chi connectivity index (χ4n) is 2.79. The van der Waals surface area contributed by atoms with Gasteiger partial charge >= 0.3 is 0 Å². The molecule has 3 rings (SSSR count). The van der Waals surface area contributed by atoms with Gasteiger partial charge < -0.3 is 5.32 Å². The summed E-state index contributed by atoms with van der Waals surface area (Å²) >= 11 is 0. The third-order valence-electron chi connectivity index (χ3n) is 3.85. The van der Waals surface area contributed by atoms with Crippen LogP contribution in [0.2, 0.25) is 0 Å². The van der Waals surface area contributed by atoms with E-state index in [9.17, 15) is 0 Å². The smallest absolute Gasteiger partial charge is 0.147 e. The maximum atomic E-state index is 4.45. The van der Waals surface area contributed by atoms with Crippen LogP contribution in [-0.4, -0.2) is 27.4 Å². The molecule has 1 unspecified atom stereocenters. The number of rotatable bonds is 4. The predicted molar refractivity (Wildman–Crippen MR) is 85.0 cm³/mol. The van der Waals surface area contributed by atoms with Gasteiger partial charge in [-0.15, -0.1) is 0 Å². The number of fused-ring (bicyclic) bond motifs is 1. The van der Waals surface area contributed by atoms with Gasteiger partial charge in [0, 0.05) is 19.0 Å². The SMILES string of the molecule is C/C(=C\c1ccccc1)CNC1CCc2nc(C)nn2C1. The number of hydrogen-bond acceptors (Lipinski definition) is 3. The lowest BCUT2D eigenvalue weighted by molar-refractivity contribution is 0.367. The van der Waals surface area contributed by atoms with Gasteiger partial charge in [-0.2, -0.15) is 5.10 Å². The average Bonchev–Trinajstić information content (AvgIpc) is 2.85. The maximum Gasteiger partial charge on any atom is 0.147 e. The summed E-state index contributed by atoms with van der Waals surface area (Å²) in [5.74, 6) is 2.01. The molecule has 1 aliphatic rings. The molecule has 0 fully saturated rings. The molecule has 1 N–H and O–H groups in total. The molecule has 0 amide bonds. The second-order valence-electron chi connectivity index (χ2n) is 5.78. The lowest BCUT2D eigenvalue weighted by Gasteiger charge is -2.23. The third-order valence-corrected chi connectivity index (χ3v) is 3.85. The highest BCUT2D eigenvalue weighted by Gasteiger charge is 2.20. The highest BCUT2D eigenvalue weighted by atomic mass is 15.4. The molecule has 0 radical (unpaired) electrons. The van der Waals surface area contributed by atoms with E-state index in [1.54, 1.807) is 0 Å². The van der Waals surface area contributed by atoms with Gasteiger partial charge in [-0.25, -0.2) is 9.67 Å². The molecule has 0 saturated carbocycles. The standard InChI is InChI=1S/C17H22N4/c1-13(10-15-6-4-3-5-7-15)11-18-16-8-9-17-19-14(2)20-21(17)12-16/h3-7,10,16,18H,8-9,11-12H2,1-2H3/b13-10+. The molecule has 110 valence electrons. The number of nitrogens with zero attached hydrogens (tertiary/aromatic N) is 3. The van der Waals surface area contributed by atoms with Crippen molar-refractivity contribution in [1.82, 2.24) is 20.1 Å². The minimum Gasteiger partial charge on any atom is -0.308 e. The highest BCUT2D eigenvalue weighted by molar-refractivity contribution is 5.52. The molecule has 4 nitrogen and oxygen atoms in total. The maximum absolute atomic E-state index is 4.45. The molecule has 1 aromatic heterocycles. The molecule has 2 aromatic rings. The van der Waals surface area contributed by atoms with Crippen molar-refractivity contribution >= 4 is 6.08 Å². The number of nitrogens with one attached hydrogen (secondary N) is 1. The van der Waals surface area contributed by atoms with Crippen LogP contribution in [0.15, 0.2) is 35.9 Å². The fraction of sp³-hybridized carbons (Fsp3) is 0.412. The molecule has 1 aliphatic heterocycles. The van der Waals surface area contributed by atoms with Crippen LogP contribution in [0.3, 0.4) is 0 Å². The van der Waals surface area contributed by atoms with Crippen LogP contribution >= 0.6 is 0 Å². The van der Waals surface area contributed by atoms with Gasteiger partial charge in [0.1, 0.15) is 11.6 Å². The molecule has 0 aliphatic carbocycles. The lowest BCUT2D eigenvalue weighted by atomic mass is 10.1. The Morgan fingerprint density at radius 2 is 2.19 bits per heavy atom. The van der Waals surface area contributed by atoms with Gasteiger partial charge in [0.15, 0.2) is 0 Å². The average molecular weight is 282 g/mol. The van der Waals surface area contributed by atoms with Crippen molar-refractivity contribution < 1.29 is 0 Å². The summed E-state index contributed by atoms with van der Waals surface area (Å²) in [6.45, 7) is 5.98. The van der Waals surface area contributed by atoms with Crippen molar-refractivity contribution in [2.75, 3.05) is 6.54 Å². The zero-order valence-electron chi connectivity index (χ0n) is 12.7. The Morgan fingerprint density at radius 1 is 1.38 bits per heavy atom. The van der Waals surface area contributed by atoms with Crippen LogP contribution in [0.1, 0.15) is 30.6 Å². The summed E-state index contributed by atoms with van der Waals surface area (Å²) < 4.78 is 2.05. The highest BCUT2D eigenvalue weighted by Crippen LogP contribution is 2.13. The molecule has 1 atom stereocenters. The van der Waals surface area contributed by atoms with Gasteiger partial charge in [-0.05, 0) is 25.8 Å². The first-order chi connectivity index (χ1) is 10.2. The fourth-order valence-corrected chi connectivity index (χ4v) is 2.79. The van der Waals surface area contributed by atoms with Crippen molar-refractivity contribution in [3.8, 4) is 0 Å². The third kappa shape index (κ3) is 3.58. The van der Waals surface area contributed by atoms with Crippen LogP contribution in [0.4, 0.5) is 0 Å². The minimum atomic E-state index is 0.484. The molecule has 0 bridgehead atoms. The lowest BCUT2D eigenvalue weighted by Crippen LogP contribution is -2.38. The molecular weight excluding hydrogens is 260 g/mol. The Bertz CT molecular complexity index is 627. The molecule has 21 heavy (non-hydrogen) atoms. The predicted octanol–water partition coefficient (Wildman–Crippen LogP) is 2.59. The van der Waals surface area contributed by atoms with E-state index in [1.165, 1.54) is 11.1 Å². The Labute approximate surface area is 125 Å². The van der Waals surface area contributed by atoms with E-state index in [1.807, 2.05) is 17.7 Å². The largest absolute Gasteiger partial charge is 0.308 e. The Hall–Kier alpha value is -1.94. The summed E-state index contributed by atoms with van der Waals surface area (Å²) in [4.78, 5) is 4.45. The molecule has 4 heteroatoms. The van der Waals surface area contributed by atoms with E-state index in [0.29, 0.717) is 6.04 Å². The number of benzene rings is 1. The molecule has 1 aromatic carbocycles. The van der Waals surface area contributed by atoms with Crippen molar-refractivity contribution in [3.05, 3.63) is 53.1 Å². The van der Waals surface area contributed by atoms with E-state index < -0.39 is 0 Å². The Morgan fingerprint density at radius 3 is 3.00 bits per heavy atom. The normalized spacial score (nSPS) is 18.6. The minimum absolute atomic E-state index is 0.484. The van der Waals surface area contributed by atoms with Gasteiger partial charge in [-0.1, -0.05) is 42.0 Å². The second kappa shape index (κ2) is 6.22. The van der Waals surface area contributed by atoms with Gasteiger partial charge in [0.05, 0.1) is 6.54 Å². The zero-order valence-corrected chi connectivity index (χ0v) is 12.7. The van der Waals surface area contributed by atoms with Crippen LogP contribution < -0.4 is 5.32 Å². The number of hydrogen-bond donors (Lipinski definition) is 1. The van der Waals surface area contributed by atoms with Crippen LogP contribution in [0, 0.1) is 6.92 Å². The van der Waals surface area contributed by atoms with Crippen molar-refractivity contribution in [3.63, 3.8) is 0 Å². The first-order valence-corrected chi connectivity index (χ1v) is 7.56. The van der Waals surface area contributed by atoms with Crippen molar-refractivity contribution in [1.29, 1.82) is 0 Å². The van der Waals surface area contributed by atoms with E-state index in [2.05, 4.69) is 52.7 Å². The summed E-state index contributed by atoms with van der Waals surface area (Å²) in [6, 6.07) is 10.9. The van der Waals surface area contributed by atoms with Crippen LogP contribution in [0.25, 0.3) is 6.08 Å². The van der Waals surface area contributed by atoms with E-state index in [-0.39, 0.29) is 0 Å². The van der Waals surface area contributed by atoms with Crippen LogP contribution in [0.5, 0.6) is 0 Å². The van der Waals surface area contributed by atoms with Crippen molar-refractivity contribution in [2.45, 2.75) is 39.3 Å². The van der Waals surface area contributed by atoms with Gasteiger partial charge in [-0.3, -0.25) is 0 Å². The molecule has 2 heterocycles. The quantitative estimate of drug-likeness (QED) is 0.937. The van der Waals surface area contributed by atoms with Crippen molar-refractivity contribution in [2.24, 2.45) is 0 Å².